The third kappa shape index (κ3) is 6.75. The summed E-state index contributed by atoms with van der Waals surface area (Å²) in [6.07, 6.45) is 1.91. The number of ether oxygens (including phenoxy) is 1. The molecule has 128 valence electrons. The number of guanidine groups is 1. The van der Waals surface area contributed by atoms with Crippen molar-refractivity contribution in [2.75, 3.05) is 27.2 Å². The van der Waals surface area contributed by atoms with Gasteiger partial charge in [-0.1, -0.05) is 11.6 Å². The van der Waals surface area contributed by atoms with E-state index in [1.54, 1.807) is 7.11 Å². The predicted octanol–water partition coefficient (Wildman–Crippen LogP) is 3.12. The second-order valence-corrected chi connectivity index (χ2v) is 6.19. The second kappa shape index (κ2) is 9.62. The average Bonchev–Trinajstić information content (AvgIpc) is 2.72. The molecule has 0 bridgehead atoms. The van der Waals surface area contributed by atoms with E-state index in [1.807, 2.05) is 44.8 Å². The summed E-state index contributed by atoms with van der Waals surface area (Å²) in [7, 11) is 5.72. The molecule has 0 amide bonds. The minimum atomic E-state index is -0.268. The first-order valence-electron chi connectivity index (χ1n) is 7.14. The van der Waals surface area contributed by atoms with Gasteiger partial charge in [0.15, 0.2) is 5.96 Å². The minimum absolute atomic E-state index is 0. The van der Waals surface area contributed by atoms with Crippen LogP contribution in [0.3, 0.4) is 0 Å². The van der Waals surface area contributed by atoms with Crippen molar-refractivity contribution in [3.8, 4) is 0 Å². The van der Waals surface area contributed by atoms with Crippen molar-refractivity contribution in [2.24, 2.45) is 12.0 Å². The zero-order chi connectivity index (χ0) is 16.0. The Morgan fingerprint density at radius 1 is 1.50 bits per heavy atom. The zero-order valence-electron chi connectivity index (χ0n) is 14.3. The Kier molecular flexibility index (Phi) is 9.41. The summed E-state index contributed by atoms with van der Waals surface area (Å²) in [5, 5.41) is 4.06. The van der Waals surface area contributed by atoms with Crippen molar-refractivity contribution in [3.63, 3.8) is 0 Å². The van der Waals surface area contributed by atoms with Crippen molar-refractivity contribution in [1.82, 2.24) is 14.8 Å². The molecule has 0 aliphatic heterocycles. The van der Waals surface area contributed by atoms with Gasteiger partial charge in [-0.25, -0.2) is 0 Å². The highest BCUT2D eigenvalue weighted by Crippen LogP contribution is 2.14. The first-order valence-corrected chi connectivity index (χ1v) is 7.52. The number of nitrogens with zero attached hydrogens (tertiary/aromatic N) is 3. The lowest BCUT2D eigenvalue weighted by Gasteiger charge is -2.25. The molecule has 0 unspecified atom stereocenters. The number of hydrogen-bond acceptors (Lipinski definition) is 2. The fraction of sp³-hybridized carbons (Fsp3) is 0.667. The number of rotatable bonds is 6. The van der Waals surface area contributed by atoms with Crippen molar-refractivity contribution in [1.29, 1.82) is 0 Å². The SMILES string of the molecule is CCNC(=NCC(C)(C)OC)N(C)Cc1cc(Cl)cn1C.I. The van der Waals surface area contributed by atoms with E-state index in [1.165, 1.54) is 0 Å². The van der Waals surface area contributed by atoms with E-state index < -0.39 is 0 Å². The molecular formula is C15H28ClIN4O. The van der Waals surface area contributed by atoms with Crippen LogP contribution >= 0.6 is 35.6 Å². The number of nitrogens with one attached hydrogen (secondary N) is 1. The minimum Gasteiger partial charge on any atom is -0.377 e. The van der Waals surface area contributed by atoms with Crippen LogP contribution in [0.25, 0.3) is 0 Å². The molecule has 1 aromatic heterocycles. The van der Waals surface area contributed by atoms with Crippen LogP contribution in [0, 0.1) is 0 Å². The summed E-state index contributed by atoms with van der Waals surface area (Å²) in [6, 6.07) is 1.97. The second-order valence-electron chi connectivity index (χ2n) is 5.75. The lowest BCUT2D eigenvalue weighted by molar-refractivity contribution is 0.0309. The Bertz CT molecular complexity index is 488. The van der Waals surface area contributed by atoms with Crippen LogP contribution in [0.1, 0.15) is 26.5 Å². The fourth-order valence-corrected chi connectivity index (χ4v) is 2.11. The molecule has 1 aromatic rings. The third-order valence-electron chi connectivity index (χ3n) is 3.33. The number of aliphatic imine (C=N–C) groups is 1. The third-order valence-corrected chi connectivity index (χ3v) is 3.54. The molecule has 0 spiro atoms. The average molecular weight is 443 g/mol. The Hall–Kier alpha value is -0.470. The molecule has 0 radical (unpaired) electrons. The lowest BCUT2D eigenvalue weighted by Crippen LogP contribution is -2.40. The van der Waals surface area contributed by atoms with E-state index in [2.05, 4.69) is 22.1 Å². The molecular weight excluding hydrogens is 415 g/mol. The zero-order valence-corrected chi connectivity index (χ0v) is 17.4. The van der Waals surface area contributed by atoms with Crippen LogP contribution < -0.4 is 5.32 Å². The molecule has 1 N–H and O–H groups in total. The Morgan fingerprint density at radius 2 is 2.14 bits per heavy atom. The summed E-state index contributed by atoms with van der Waals surface area (Å²) < 4.78 is 7.44. The van der Waals surface area contributed by atoms with Crippen LogP contribution in [0.2, 0.25) is 5.02 Å². The first-order chi connectivity index (χ1) is 9.79. The van der Waals surface area contributed by atoms with Crippen LogP contribution in [-0.4, -0.2) is 48.3 Å². The van der Waals surface area contributed by atoms with Crippen LogP contribution in [0.4, 0.5) is 0 Å². The molecule has 22 heavy (non-hydrogen) atoms. The Labute approximate surface area is 156 Å². The van der Waals surface area contributed by atoms with Gasteiger partial charge in [0.25, 0.3) is 0 Å². The molecule has 0 fully saturated rings. The molecule has 0 aliphatic rings. The van der Waals surface area contributed by atoms with Gasteiger partial charge in [0.1, 0.15) is 0 Å². The smallest absolute Gasteiger partial charge is 0.194 e. The molecule has 0 aliphatic carbocycles. The summed E-state index contributed by atoms with van der Waals surface area (Å²) in [5.41, 5.74) is 0.870. The Morgan fingerprint density at radius 3 is 2.59 bits per heavy atom. The molecule has 1 heterocycles. The summed E-state index contributed by atoms with van der Waals surface area (Å²) in [6.45, 7) is 8.27. The predicted molar refractivity (Wildman–Crippen MR) is 104 cm³/mol. The van der Waals surface area contributed by atoms with Crippen molar-refractivity contribution in [3.05, 3.63) is 23.0 Å². The highest BCUT2D eigenvalue weighted by molar-refractivity contribution is 14.0. The van der Waals surface area contributed by atoms with Crippen LogP contribution in [-0.2, 0) is 18.3 Å². The maximum absolute atomic E-state index is 6.03. The number of aryl methyl sites for hydroxylation is 1. The number of hydrogen-bond donors (Lipinski definition) is 1. The molecule has 0 aromatic carbocycles. The lowest BCUT2D eigenvalue weighted by atomic mass is 10.1. The summed E-state index contributed by atoms with van der Waals surface area (Å²) in [4.78, 5) is 6.74. The molecule has 0 saturated carbocycles. The van der Waals surface area contributed by atoms with Crippen LogP contribution in [0.5, 0.6) is 0 Å². The van der Waals surface area contributed by atoms with Crippen LogP contribution in [0.15, 0.2) is 17.3 Å². The highest BCUT2D eigenvalue weighted by Gasteiger charge is 2.17. The molecule has 7 heteroatoms. The van der Waals surface area contributed by atoms with E-state index in [9.17, 15) is 0 Å². The number of methoxy groups -OCH3 is 1. The Balaban J connectivity index is 0.00000441. The highest BCUT2D eigenvalue weighted by atomic mass is 127. The monoisotopic (exact) mass is 442 g/mol. The molecule has 0 saturated heterocycles. The summed E-state index contributed by atoms with van der Waals surface area (Å²) >= 11 is 6.03. The van der Waals surface area contributed by atoms with Gasteiger partial charge >= 0.3 is 0 Å². The van der Waals surface area contributed by atoms with Gasteiger partial charge in [0, 0.05) is 39.6 Å². The van der Waals surface area contributed by atoms with E-state index >= 15 is 0 Å². The van der Waals surface area contributed by atoms with Gasteiger partial charge in [0.2, 0.25) is 0 Å². The van der Waals surface area contributed by atoms with Crippen molar-refractivity contribution < 1.29 is 4.74 Å². The van der Waals surface area contributed by atoms with Gasteiger partial charge in [-0.3, -0.25) is 4.99 Å². The topological polar surface area (TPSA) is 41.8 Å². The largest absolute Gasteiger partial charge is 0.377 e. The van der Waals surface area contributed by atoms with Crippen molar-refractivity contribution in [2.45, 2.75) is 32.9 Å². The van der Waals surface area contributed by atoms with E-state index in [-0.39, 0.29) is 29.6 Å². The fourth-order valence-electron chi connectivity index (χ4n) is 1.84. The van der Waals surface area contributed by atoms with Gasteiger partial charge in [-0.05, 0) is 26.8 Å². The van der Waals surface area contributed by atoms with Gasteiger partial charge in [-0.15, -0.1) is 24.0 Å². The van der Waals surface area contributed by atoms with Gasteiger partial charge < -0.3 is 19.5 Å². The van der Waals surface area contributed by atoms with Crippen molar-refractivity contribution >= 4 is 41.5 Å². The first kappa shape index (κ1) is 21.5. The van der Waals surface area contributed by atoms with Gasteiger partial charge in [-0.2, -0.15) is 0 Å². The van der Waals surface area contributed by atoms with E-state index in [4.69, 9.17) is 16.3 Å². The standard InChI is InChI=1S/C15H27ClN4O.HI/c1-7-17-14(18-11-15(2,3)21-6)20(5)10-13-8-12(16)9-19(13)4;/h8-9H,7,10-11H2,1-6H3,(H,17,18);1H. The van der Waals surface area contributed by atoms with Gasteiger partial charge in [0.05, 0.1) is 23.7 Å². The quantitative estimate of drug-likeness (QED) is 0.418. The maximum atomic E-state index is 6.03. The number of halogens is 2. The van der Waals surface area contributed by atoms with E-state index in [0.29, 0.717) is 6.54 Å². The maximum Gasteiger partial charge on any atom is 0.194 e. The van der Waals surface area contributed by atoms with E-state index in [0.717, 1.165) is 29.8 Å². The summed E-state index contributed by atoms with van der Waals surface area (Å²) in [5.74, 6) is 0.861. The molecule has 5 nitrogen and oxygen atoms in total. The normalized spacial score (nSPS) is 12.0. The molecule has 1 rings (SSSR count). The number of aromatic nitrogens is 1. The molecule has 0 atom stereocenters.